The number of nitrogens with two attached hydrogens (primary N) is 2. The maximum absolute atomic E-state index is 13.9. The zero-order valence-electron chi connectivity index (χ0n) is 21.4. The molecule has 1 aliphatic rings. The smallest absolute Gasteiger partial charge is 0.270 e. The summed E-state index contributed by atoms with van der Waals surface area (Å²) < 4.78 is 9.42. The van der Waals surface area contributed by atoms with E-state index in [9.17, 15) is 14.4 Å². The Morgan fingerprint density at radius 3 is 2.39 bits per heavy atom. The number of aryl methyl sites for hydroxylation is 1. The van der Waals surface area contributed by atoms with Gasteiger partial charge in [0.15, 0.2) is 5.69 Å². The van der Waals surface area contributed by atoms with Gasteiger partial charge in [-0.2, -0.15) is 4.37 Å². The molecule has 1 aromatic carbocycles. The Balaban J connectivity index is 1.98. The second kappa shape index (κ2) is 11.8. The first-order valence-corrected chi connectivity index (χ1v) is 12.8. The van der Waals surface area contributed by atoms with Crippen LogP contribution in [0.4, 0.5) is 5.69 Å². The first-order valence-electron chi connectivity index (χ1n) is 12.0. The summed E-state index contributed by atoms with van der Waals surface area (Å²) in [6.45, 7) is 11.7. The number of aromatic nitrogens is 1. The quantitative estimate of drug-likeness (QED) is 0.462. The van der Waals surface area contributed by atoms with E-state index in [2.05, 4.69) is 14.6 Å². The highest BCUT2D eigenvalue weighted by atomic mass is 32.1. The molecule has 196 valence electrons. The molecule has 3 amide bonds. The summed E-state index contributed by atoms with van der Waals surface area (Å²) in [5.74, 6) is -1.57. The van der Waals surface area contributed by atoms with Crippen LogP contribution in [-0.2, 0) is 9.53 Å². The van der Waals surface area contributed by atoms with Crippen molar-refractivity contribution in [2.24, 2.45) is 5.73 Å². The molecule has 0 spiro atoms. The molecule has 36 heavy (non-hydrogen) atoms. The molecule has 1 aromatic heterocycles. The van der Waals surface area contributed by atoms with E-state index in [4.69, 9.17) is 16.2 Å². The average Bonchev–Trinajstić information content (AvgIpc) is 3.20. The molecule has 10 nitrogen and oxygen atoms in total. The second-order valence-corrected chi connectivity index (χ2v) is 10.8. The minimum absolute atomic E-state index is 0.0606. The highest BCUT2D eigenvalue weighted by Gasteiger charge is 2.35. The van der Waals surface area contributed by atoms with Crippen molar-refractivity contribution in [2.45, 2.75) is 45.7 Å². The number of carbonyl (C=O) groups excluding carboxylic acids is 3. The van der Waals surface area contributed by atoms with Crippen LogP contribution in [0.5, 0.6) is 0 Å². The number of hydrogen-bond donors (Lipinski definition) is 3. The summed E-state index contributed by atoms with van der Waals surface area (Å²) in [4.78, 5) is 43.1. The third-order valence-electron chi connectivity index (χ3n) is 5.84. The third-order valence-corrected chi connectivity index (χ3v) is 6.70. The van der Waals surface area contributed by atoms with E-state index >= 15 is 0 Å². The normalized spacial score (nSPS) is 15.3. The number of nitrogens with one attached hydrogen (secondary N) is 1. The number of hydrogen-bond acceptors (Lipinski definition) is 8. The lowest BCUT2D eigenvalue weighted by Crippen LogP contribution is -2.50. The van der Waals surface area contributed by atoms with Gasteiger partial charge in [-0.1, -0.05) is 29.8 Å². The first-order chi connectivity index (χ1) is 17.0. The molecule has 0 unspecified atom stereocenters. The number of morpholine rings is 1. The fraction of sp³-hybridized carbons (Fsp3) is 0.520. The van der Waals surface area contributed by atoms with Crippen LogP contribution in [0.25, 0.3) is 0 Å². The van der Waals surface area contributed by atoms with Gasteiger partial charge in [0.2, 0.25) is 5.91 Å². The number of primary amides is 1. The summed E-state index contributed by atoms with van der Waals surface area (Å²) in [5, 5.41) is 3.02. The van der Waals surface area contributed by atoms with Crippen molar-refractivity contribution in [3.05, 3.63) is 46.0 Å². The SMILES string of the molecule is Cc1ccc([C@H](C(=O)NC(C)(C)C)N(CCCN2CCOCC2)C(=O)c2snc(C(N)=O)c2N)cc1. The number of nitrogen functional groups attached to an aromatic ring is 1. The predicted octanol–water partition coefficient (Wildman–Crippen LogP) is 1.95. The first kappa shape index (κ1) is 27.6. The van der Waals surface area contributed by atoms with Crippen LogP contribution < -0.4 is 16.8 Å². The molecule has 11 heteroatoms. The molecule has 2 aromatic rings. The van der Waals surface area contributed by atoms with E-state index < -0.39 is 23.4 Å². The van der Waals surface area contributed by atoms with Gasteiger partial charge in [0.25, 0.3) is 11.8 Å². The fourth-order valence-electron chi connectivity index (χ4n) is 4.06. The van der Waals surface area contributed by atoms with Crippen molar-refractivity contribution in [3.63, 3.8) is 0 Å². The lowest BCUT2D eigenvalue weighted by Gasteiger charge is -2.34. The van der Waals surface area contributed by atoms with Crippen molar-refractivity contribution >= 4 is 34.9 Å². The van der Waals surface area contributed by atoms with Gasteiger partial charge in [-0.15, -0.1) is 0 Å². The lowest BCUT2D eigenvalue weighted by molar-refractivity contribution is -0.127. The summed E-state index contributed by atoms with van der Waals surface area (Å²) >= 11 is 0.817. The number of rotatable bonds is 9. The van der Waals surface area contributed by atoms with Gasteiger partial charge < -0.3 is 26.4 Å². The number of amides is 3. The van der Waals surface area contributed by atoms with Gasteiger partial charge in [-0.3, -0.25) is 19.3 Å². The van der Waals surface area contributed by atoms with Crippen LogP contribution in [0.15, 0.2) is 24.3 Å². The van der Waals surface area contributed by atoms with Crippen LogP contribution in [0.3, 0.4) is 0 Å². The fourth-order valence-corrected chi connectivity index (χ4v) is 4.82. The summed E-state index contributed by atoms with van der Waals surface area (Å²) in [5.41, 5.74) is 12.5. The van der Waals surface area contributed by atoms with E-state index in [1.165, 1.54) is 4.90 Å². The van der Waals surface area contributed by atoms with Crippen molar-refractivity contribution in [2.75, 3.05) is 45.1 Å². The molecule has 5 N–H and O–H groups in total. The standard InChI is InChI=1S/C25H36N6O4S/c1-16-6-8-17(9-7-16)20(23(33)28-25(2,3)4)31(11-5-10-30-12-14-35-15-13-30)24(34)21-18(26)19(22(27)32)29-36-21/h6-9,20H,5,10-15,26H2,1-4H3,(H2,27,32)(H,28,33)/t20-/m1/s1. The number of benzene rings is 1. The number of carbonyl (C=O) groups is 3. The molecule has 1 atom stereocenters. The van der Waals surface area contributed by atoms with Crippen LogP contribution >= 0.6 is 11.5 Å². The minimum atomic E-state index is -0.902. The lowest BCUT2D eigenvalue weighted by atomic mass is 10.00. The van der Waals surface area contributed by atoms with Crippen LogP contribution in [-0.4, -0.2) is 76.8 Å². The van der Waals surface area contributed by atoms with Crippen molar-refractivity contribution in [1.29, 1.82) is 0 Å². The zero-order chi connectivity index (χ0) is 26.5. The van der Waals surface area contributed by atoms with Gasteiger partial charge in [0.05, 0.1) is 18.9 Å². The van der Waals surface area contributed by atoms with Crippen LogP contribution in [0.1, 0.15) is 64.5 Å². The molecule has 1 saturated heterocycles. The maximum Gasteiger partial charge on any atom is 0.270 e. The largest absolute Gasteiger partial charge is 0.395 e. The average molecular weight is 517 g/mol. The molecule has 2 heterocycles. The highest BCUT2D eigenvalue weighted by Crippen LogP contribution is 2.29. The Kier molecular flexibility index (Phi) is 9.04. The maximum atomic E-state index is 13.9. The Hall–Kier alpha value is -3.02. The van der Waals surface area contributed by atoms with Crippen molar-refractivity contribution in [1.82, 2.24) is 19.5 Å². The molecule has 0 aliphatic carbocycles. The second-order valence-electron chi connectivity index (χ2n) is 10.00. The topological polar surface area (TPSA) is 144 Å². The summed E-state index contributed by atoms with van der Waals surface area (Å²) in [6, 6.07) is 6.63. The molecule has 0 saturated carbocycles. The van der Waals surface area contributed by atoms with Crippen LogP contribution in [0, 0.1) is 6.92 Å². The Morgan fingerprint density at radius 1 is 1.19 bits per heavy atom. The van der Waals surface area contributed by atoms with E-state index in [0.29, 0.717) is 31.7 Å². The van der Waals surface area contributed by atoms with E-state index in [-0.39, 0.29) is 22.2 Å². The predicted molar refractivity (Wildman–Crippen MR) is 140 cm³/mol. The van der Waals surface area contributed by atoms with Gasteiger partial charge in [-0.25, -0.2) is 0 Å². The van der Waals surface area contributed by atoms with Crippen LogP contribution in [0.2, 0.25) is 0 Å². The third kappa shape index (κ3) is 7.02. The Labute approximate surface area is 216 Å². The molecular formula is C25H36N6O4S. The summed E-state index contributed by atoms with van der Waals surface area (Å²) in [6.07, 6.45) is 0.637. The van der Waals surface area contributed by atoms with Crippen molar-refractivity contribution in [3.8, 4) is 0 Å². The highest BCUT2D eigenvalue weighted by molar-refractivity contribution is 7.09. The molecule has 0 bridgehead atoms. The van der Waals surface area contributed by atoms with Gasteiger partial charge in [0.1, 0.15) is 10.9 Å². The summed E-state index contributed by atoms with van der Waals surface area (Å²) in [7, 11) is 0. The van der Waals surface area contributed by atoms with Crippen molar-refractivity contribution < 1.29 is 19.1 Å². The molecule has 1 fully saturated rings. The number of ether oxygens (including phenoxy) is 1. The van der Waals surface area contributed by atoms with Gasteiger partial charge in [-0.05, 0) is 51.2 Å². The molecule has 0 radical (unpaired) electrons. The zero-order valence-corrected chi connectivity index (χ0v) is 22.2. The van der Waals surface area contributed by atoms with Gasteiger partial charge >= 0.3 is 0 Å². The van der Waals surface area contributed by atoms with Gasteiger partial charge in [0, 0.05) is 31.7 Å². The minimum Gasteiger partial charge on any atom is -0.395 e. The van der Waals surface area contributed by atoms with E-state index in [0.717, 1.165) is 36.7 Å². The Morgan fingerprint density at radius 2 is 1.83 bits per heavy atom. The molecule has 1 aliphatic heterocycles. The Bertz CT molecular complexity index is 1070. The number of nitrogens with zero attached hydrogens (tertiary/aromatic N) is 3. The van der Waals surface area contributed by atoms with E-state index in [1.54, 1.807) is 0 Å². The monoisotopic (exact) mass is 516 g/mol. The van der Waals surface area contributed by atoms with E-state index in [1.807, 2.05) is 52.0 Å². The number of anilines is 1. The molecule has 3 rings (SSSR count). The molecular weight excluding hydrogens is 480 g/mol.